The molecule has 0 saturated carbocycles. The van der Waals surface area contributed by atoms with E-state index in [1.165, 1.54) is 5.56 Å². The maximum atomic E-state index is 10.9. The van der Waals surface area contributed by atoms with E-state index in [0.717, 1.165) is 48.1 Å². The number of nitrogens with two attached hydrogens (primary N) is 1. The fraction of sp³-hybridized carbons (Fsp3) is 0.269. The molecule has 8 nitrogen and oxygen atoms in total. The van der Waals surface area contributed by atoms with Crippen molar-refractivity contribution in [3.05, 3.63) is 82.9 Å². The predicted molar refractivity (Wildman–Crippen MR) is 142 cm³/mol. The first-order valence-electron chi connectivity index (χ1n) is 11.7. The number of hydrogen-bond acceptors (Lipinski definition) is 6. The van der Waals surface area contributed by atoms with Crippen LogP contribution in [-0.4, -0.2) is 33.0 Å². The molecule has 4 aromatic rings. The molecule has 190 valence electrons. The Morgan fingerprint density at radius 3 is 2.64 bits per heavy atom. The molecule has 0 saturated heterocycles. The zero-order valence-electron chi connectivity index (χ0n) is 19.7. The second-order valence-electron chi connectivity index (χ2n) is 8.43. The van der Waals surface area contributed by atoms with Gasteiger partial charge in [0.25, 0.3) is 0 Å². The average molecular weight is 528 g/mol. The zero-order chi connectivity index (χ0) is 25.4. The number of phosphoric acid groups is 1. The molecule has 0 amide bonds. The Morgan fingerprint density at radius 2 is 1.89 bits per heavy atom. The van der Waals surface area contributed by atoms with Crippen LogP contribution in [0.25, 0.3) is 22.4 Å². The van der Waals surface area contributed by atoms with E-state index in [1.54, 1.807) is 17.5 Å². The van der Waals surface area contributed by atoms with Crippen LogP contribution >= 0.6 is 19.2 Å². The Kier molecular flexibility index (Phi) is 9.09. The normalized spacial score (nSPS) is 12.5. The Balaban J connectivity index is 1.39. The average Bonchev–Trinajstić information content (AvgIpc) is 3.58. The fourth-order valence-corrected chi connectivity index (χ4v) is 4.83. The number of nitrogens with one attached hydrogen (secondary N) is 1. The lowest BCUT2D eigenvalue weighted by Gasteiger charge is -2.12. The van der Waals surface area contributed by atoms with Crippen molar-refractivity contribution in [1.82, 2.24) is 9.97 Å². The van der Waals surface area contributed by atoms with E-state index >= 15 is 0 Å². The van der Waals surface area contributed by atoms with Gasteiger partial charge in [0, 0.05) is 17.3 Å². The zero-order valence-corrected chi connectivity index (χ0v) is 21.5. The summed E-state index contributed by atoms with van der Waals surface area (Å²) in [6.45, 7) is 0.293. The second-order valence-corrected chi connectivity index (χ2v) is 10.5. The highest BCUT2D eigenvalue weighted by Crippen LogP contribution is 2.37. The predicted octanol–water partition coefficient (Wildman–Crippen LogP) is 5.71. The molecule has 2 aromatic carbocycles. The highest BCUT2D eigenvalue weighted by molar-refractivity contribution is 7.46. The van der Waals surface area contributed by atoms with Crippen LogP contribution in [0.15, 0.2) is 71.6 Å². The van der Waals surface area contributed by atoms with Crippen LogP contribution in [0.1, 0.15) is 36.7 Å². The van der Waals surface area contributed by atoms with Crippen LogP contribution in [0.3, 0.4) is 0 Å². The molecule has 0 aliphatic carbocycles. The van der Waals surface area contributed by atoms with Crippen molar-refractivity contribution in [2.45, 2.75) is 31.7 Å². The summed E-state index contributed by atoms with van der Waals surface area (Å²) in [5.74, 6) is 1.20. The van der Waals surface area contributed by atoms with Gasteiger partial charge in [-0.15, -0.1) is 0 Å². The standard InChI is InChI=1S/C26H30N3O5PS/c27-23(17-34-35(30,31)32)26-28-16-24(29-26)20-10-11-25(22(15-20)21-12-14-36-18-21)33-13-6-2-5-9-19-7-3-1-4-8-19/h1,3-4,7-8,10-12,14-16,18,23H,2,5-6,9,13,17,27H2,(H,28,29)(H2,30,31,32). The number of unbranched alkanes of at least 4 members (excludes halogenated alkanes) is 2. The van der Waals surface area contributed by atoms with Crippen molar-refractivity contribution < 1.29 is 23.6 Å². The molecule has 0 radical (unpaired) electrons. The number of imidazole rings is 1. The Bertz CT molecular complexity index is 1270. The molecule has 1 atom stereocenters. The molecule has 2 heterocycles. The number of aromatic nitrogens is 2. The van der Waals surface area contributed by atoms with Crippen molar-refractivity contribution >= 4 is 19.2 Å². The molecule has 0 bridgehead atoms. The molecule has 2 aromatic heterocycles. The summed E-state index contributed by atoms with van der Waals surface area (Å²) in [6.07, 6.45) is 6.01. The quantitative estimate of drug-likeness (QED) is 0.129. The molecule has 1 unspecified atom stereocenters. The summed E-state index contributed by atoms with van der Waals surface area (Å²) in [5.41, 5.74) is 10.9. The van der Waals surface area contributed by atoms with E-state index in [4.69, 9.17) is 20.3 Å². The van der Waals surface area contributed by atoms with Gasteiger partial charge in [-0.05, 0) is 71.8 Å². The van der Waals surface area contributed by atoms with Crippen molar-refractivity contribution in [3.8, 4) is 28.1 Å². The van der Waals surface area contributed by atoms with Crippen molar-refractivity contribution in [3.63, 3.8) is 0 Å². The number of aryl methyl sites for hydroxylation is 1. The summed E-state index contributed by atoms with van der Waals surface area (Å²) < 4.78 is 21.6. The molecule has 0 fully saturated rings. The van der Waals surface area contributed by atoms with E-state index < -0.39 is 13.9 Å². The minimum absolute atomic E-state index is 0.352. The molecule has 10 heteroatoms. The van der Waals surface area contributed by atoms with E-state index in [0.29, 0.717) is 18.1 Å². The van der Waals surface area contributed by atoms with Crippen LogP contribution in [-0.2, 0) is 15.5 Å². The maximum absolute atomic E-state index is 10.9. The molecular formula is C26H30N3O5PS. The van der Waals surface area contributed by atoms with Crippen LogP contribution in [0.5, 0.6) is 5.75 Å². The highest BCUT2D eigenvalue weighted by Gasteiger charge is 2.19. The number of aromatic amines is 1. The van der Waals surface area contributed by atoms with Gasteiger partial charge in [0.1, 0.15) is 11.6 Å². The topological polar surface area (TPSA) is 131 Å². The Hall–Kier alpha value is -2.78. The van der Waals surface area contributed by atoms with Gasteiger partial charge >= 0.3 is 7.82 Å². The lowest BCUT2D eigenvalue weighted by molar-refractivity contribution is 0.185. The smallest absolute Gasteiger partial charge is 0.469 e. The van der Waals surface area contributed by atoms with Crippen molar-refractivity contribution in [2.75, 3.05) is 13.2 Å². The largest absolute Gasteiger partial charge is 0.493 e. The van der Waals surface area contributed by atoms with Gasteiger partial charge in [-0.1, -0.05) is 30.3 Å². The minimum atomic E-state index is -4.60. The minimum Gasteiger partial charge on any atom is -0.493 e. The molecule has 5 N–H and O–H groups in total. The van der Waals surface area contributed by atoms with E-state index in [-0.39, 0.29) is 6.61 Å². The molecule has 0 aliphatic heterocycles. The number of hydrogen-bond donors (Lipinski definition) is 4. The Morgan fingerprint density at radius 1 is 1.06 bits per heavy atom. The van der Waals surface area contributed by atoms with Gasteiger partial charge in [0.15, 0.2) is 0 Å². The summed E-state index contributed by atoms with van der Waals surface area (Å²) in [7, 11) is -4.60. The fourth-order valence-electron chi connectivity index (χ4n) is 3.82. The second kappa shape index (κ2) is 12.5. The van der Waals surface area contributed by atoms with E-state index in [9.17, 15) is 4.57 Å². The summed E-state index contributed by atoms with van der Waals surface area (Å²) in [4.78, 5) is 25.3. The molecule has 36 heavy (non-hydrogen) atoms. The monoisotopic (exact) mass is 527 g/mol. The lowest BCUT2D eigenvalue weighted by Crippen LogP contribution is -2.17. The third kappa shape index (κ3) is 7.61. The number of rotatable bonds is 13. The first-order valence-corrected chi connectivity index (χ1v) is 14.2. The molecule has 4 rings (SSSR count). The van der Waals surface area contributed by atoms with E-state index in [1.807, 2.05) is 29.6 Å². The van der Waals surface area contributed by atoms with Crippen molar-refractivity contribution in [1.29, 1.82) is 0 Å². The number of nitrogens with zero attached hydrogens (tertiary/aromatic N) is 1. The van der Waals surface area contributed by atoms with Gasteiger partial charge in [-0.3, -0.25) is 4.52 Å². The third-order valence-corrected chi connectivity index (χ3v) is 6.86. The number of H-pyrrole nitrogens is 1. The summed E-state index contributed by atoms with van der Waals surface area (Å²) in [5, 5.41) is 4.11. The highest BCUT2D eigenvalue weighted by atomic mass is 32.1. The number of benzene rings is 2. The van der Waals surface area contributed by atoms with Gasteiger partial charge in [-0.25, -0.2) is 9.55 Å². The van der Waals surface area contributed by atoms with Crippen LogP contribution in [0.4, 0.5) is 0 Å². The van der Waals surface area contributed by atoms with Gasteiger partial charge in [-0.2, -0.15) is 11.3 Å². The first-order chi connectivity index (χ1) is 17.4. The number of ether oxygens (including phenoxy) is 1. The molecular weight excluding hydrogens is 497 g/mol. The third-order valence-electron chi connectivity index (χ3n) is 5.69. The van der Waals surface area contributed by atoms with Gasteiger partial charge in [0.05, 0.1) is 24.9 Å². The maximum Gasteiger partial charge on any atom is 0.469 e. The first kappa shape index (κ1) is 26.3. The number of phosphoric ester groups is 1. The molecule has 0 aliphatic rings. The van der Waals surface area contributed by atoms with E-state index in [2.05, 4.69) is 50.2 Å². The summed E-state index contributed by atoms with van der Waals surface area (Å²) >= 11 is 1.62. The summed E-state index contributed by atoms with van der Waals surface area (Å²) in [6, 6.07) is 17.7. The van der Waals surface area contributed by atoms with Crippen LogP contribution in [0.2, 0.25) is 0 Å². The van der Waals surface area contributed by atoms with Crippen LogP contribution in [0, 0.1) is 0 Å². The Labute approximate surface area is 214 Å². The van der Waals surface area contributed by atoms with Crippen molar-refractivity contribution in [2.24, 2.45) is 5.73 Å². The van der Waals surface area contributed by atoms with Crippen LogP contribution < -0.4 is 10.5 Å². The van der Waals surface area contributed by atoms with Gasteiger partial charge in [0.2, 0.25) is 0 Å². The SMILES string of the molecule is NC(COP(=O)(O)O)c1nc(-c2ccc(OCCCCCc3ccccc3)c(-c3ccsc3)c2)c[nH]1. The number of thiophene rings is 1. The molecule has 0 spiro atoms. The van der Waals surface area contributed by atoms with Gasteiger partial charge < -0.3 is 25.2 Å². The lowest BCUT2D eigenvalue weighted by atomic mass is 10.0.